The lowest BCUT2D eigenvalue weighted by Crippen LogP contribution is -2.31. The fourth-order valence-electron chi connectivity index (χ4n) is 3.74. The molecular formula is C23H24N4O4S2. The molecule has 4 rings (SSSR count). The second-order valence-corrected chi connectivity index (χ2v) is 10.0. The number of nitrogens with zero attached hydrogens (tertiary/aromatic N) is 4. The van der Waals surface area contributed by atoms with E-state index >= 15 is 0 Å². The number of benzene rings is 1. The average Bonchev–Trinajstić information content (AvgIpc) is 3.44. The molecule has 1 unspecified atom stereocenters. The van der Waals surface area contributed by atoms with Gasteiger partial charge in [-0.25, -0.2) is 4.98 Å². The zero-order valence-electron chi connectivity index (χ0n) is 18.8. The zero-order chi connectivity index (χ0) is 23.7. The third kappa shape index (κ3) is 4.28. The predicted octanol–water partition coefficient (Wildman–Crippen LogP) is 4.88. The van der Waals surface area contributed by atoms with Gasteiger partial charge in [0.1, 0.15) is 16.8 Å². The van der Waals surface area contributed by atoms with E-state index in [1.807, 2.05) is 19.1 Å². The Morgan fingerprint density at radius 3 is 2.55 bits per heavy atom. The summed E-state index contributed by atoms with van der Waals surface area (Å²) in [5, 5.41) is 20.8. The van der Waals surface area contributed by atoms with E-state index in [1.54, 1.807) is 26.0 Å². The van der Waals surface area contributed by atoms with E-state index in [0.717, 1.165) is 17.8 Å². The van der Waals surface area contributed by atoms with Gasteiger partial charge in [-0.05, 0) is 33.3 Å². The van der Waals surface area contributed by atoms with Crippen LogP contribution in [-0.2, 0) is 4.79 Å². The van der Waals surface area contributed by atoms with Crippen molar-refractivity contribution in [2.24, 2.45) is 0 Å². The number of aryl methyl sites for hydroxylation is 3. The fraction of sp³-hybridized carbons (Fsp3) is 0.348. The molecule has 0 saturated carbocycles. The highest BCUT2D eigenvalue weighted by Gasteiger charge is 2.47. The highest BCUT2D eigenvalue weighted by Crippen LogP contribution is 2.45. The van der Waals surface area contributed by atoms with Gasteiger partial charge in [0.2, 0.25) is 10.9 Å². The first-order valence-corrected chi connectivity index (χ1v) is 12.2. The molecule has 0 spiro atoms. The molecule has 172 valence electrons. The topological polar surface area (TPSA) is 106 Å². The quantitative estimate of drug-likeness (QED) is 0.359. The van der Waals surface area contributed by atoms with Gasteiger partial charge < -0.3 is 9.84 Å². The molecule has 0 fully saturated rings. The summed E-state index contributed by atoms with van der Waals surface area (Å²) in [6.45, 7) is 7.90. The van der Waals surface area contributed by atoms with Crippen LogP contribution < -0.4 is 9.64 Å². The molecular weight excluding hydrogens is 460 g/mol. The number of amides is 1. The number of anilines is 1. The van der Waals surface area contributed by atoms with E-state index in [9.17, 15) is 14.7 Å². The smallest absolute Gasteiger partial charge is 0.296 e. The molecule has 33 heavy (non-hydrogen) atoms. The number of aliphatic hydroxyl groups is 1. The van der Waals surface area contributed by atoms with E-state index < -0.39 is 23.5 Å². The van der Waals surface area contributed by atoms with Gasteiger partial charge in [0, 0.05) is 5.56 Å². The van der Waals surface area contributed by atoms with Gasteiger partial charge >= 0.3 is 0 Å². The monoisotopic (exact) mass is 484 g/mol. The Kier molecular flexibility index (Phi) is 6.57. The normalized spacial score (nSPS) is 16.1. The van der Waals surface area contributed by atoms with Crippen molar-refractivity contribution in [2.75, 3.05) is 11.5 Å². The summed E-state index contributed by atoms with van der Waals surface area (Å²) in [7, 11) is 0. The molecule has 0 saturated heterocycles. The van der Waals surface area contributed by atoms with Crippen LogP contribution in [0.4, 0.5) is 5.13 Å². The van der Waals surface area contributed by atoms with Crippen LogP contribution in [0.3, 0.4) is 0 Å². The molecule has 0 aliphatic carbocycles. The minimum Gasteiger partial charge on any atom is -0.503 e. The number of ketones is 1. The van der Waals surface area contributed by atoms with Gasteiger partial charge in [0.25, 0.3) is 5.91 Å². The van der Waals surface area contributed by atoms with Crippen LogP contribution in [0, 0.1) is 20.8 Å². The molecule has 1 aliphatic rings. The lowest BCUT2D eigenvalue weighted by Gasteiger charge is -2.25. The van der Waals surface area contributed by atoms with Crippen LogP contribution >= 0.6 is 22.7 Å². The van der Waals surface area contributed by atoms with Crippen LogP contribution in [0.5, 0.6) is 5.75 Å². The van der Waals surface area contributed by atoms with E-state index in [0.29, 0.717) is 38.6 Å². The lowest BCUT2D eigenvalue weighted by atomic mass is 9.94. The Balaban J connectivity index is 1.87. The van der Waals surface area contributed by atoms with E-state index in [-0.39, 0.29) is 5.57 Å². The van der Waals surface area contributed by atoms with Crippen molar-refractivity contribution < 1.29 is 19.4 Å². The van der Waals surface area contributed by atoms with Gasteiger partial charge in [-0.15, -0.1) is 21.5 Å². The number of thiazole rings is 1. The molecule has 0 bridgehead atoms. The number of hydrogen-bond donors (Lipinski definition) is 1. The summed E-state index contributed by atoms with van der Waals surface area (Å²) in [5.74, 6) is -1.17. The Labute approximate surface area is 199 Å². The molecule has 8 nitrogen and oxygen atoms in total. The van der Waals surface area contributed by atoms with Crippen molar-refractivity contribution in [1.82, 2.24) is 15.2 Å². The first-order chi connectivity index (χ1) is 15.8. The predicted molar refractivity (Wildman–Crippen MR) is 127 cm³/mol. The van der Waals surface area contributed by atoms with Crippen LogP contribution in [0.15, 0.2) is 35.6 Å². The van der Waals surface area contributed by atoms with E-state index in [1.165, 1.54) is 27.6 Å². The molecule has 1 aromatic carbocycles. The number of aliphatic hydroxyl groups excluding tert-OH is 1. The van der Waals surface area contributed by atoms with Gasteiger partial charge in [-0.1, -0.05) is 42.9 Å². The van der Waals surface area contributed by atoms with Crippen LogP contribution in [0.25, 0.3) is 0 Å². The number of carbonyl (C=O) groups is 2. The van der Waals surface area contributed by atoms with E-state index in [4.69, 9.17) is 4.74 Å². The molecule has 0 radical (unpaired) electrons. The highest BCUT2D eigenvalue weighted by molar-refractivity contribution is 7.15. The van der Waals surface area contributed by atoms with Gasteiger partial charge in [-0.2, -0.15) is 0 Å². The molecule has 10 heteroatoms. The maximum atomic E-state index is 13.7. The summed E-state index contributed by atoms with van der Waals surface area (Å²) in [5.41, 5.74) is 1.15. The number of ether oxygens (including phenoxy) is 1. The summed E-state index contributed by atoms with van der Waals surface area (Å²) < 4.78 is 6.02. The van der Waals surface area contributed by atoms with Gasteiger partial charge in [-0.3, -0.25) is 14.5 Å². The van der Waals surface area contributed by atoms with Crippen molar-refractivity contribution in [3.63, 3.8) is 0 Å². The molecule has 3 heterocycles. The maximum absolute atomic E-state index is 13.7. The molecule has 1 aliphatic heterocycles. The maximum Gasteiger partial charge on any atom is 0.296 e. The number of Topliss-reactive ketones (excluding diaryl/α,β-unsaturated/α-hetero) is 1. The third-order valence-electron chi connectivity index (χ3n) is 5.25. The standard InChI is InChI=1S/C23H24N4O4S2/c1-5-6-11-31-16-10-8-7-9-15(16)18-17(19(28)21-12(2)24-13(3)32-21)20(29)22(30)27(18)23-26-25-14(4)33-23/h7-10,18,29H,5-6,11H2,1-4H3. The number of rotatable bonds is 8. The minimum absolute atomic E-state index is 0.00820. The van der Waals surface area contributed by atoms with Crippen molar-refractivity contribution >= 4 is 39.5 Å². The zero-order valence-corrected chi connectivity index (χ0v) is 20.4. The van der Waals surface area contributed by atoms with E-state index in [2.05, 4.69) is 22.1 Å². The third-order valence-corrected chi connectivity index (χ3v) is 7.16. The molecule has 1 atom stereocenters. The molecule has 2 aromatic heterocycles. The minimum atomic E-state index is -0.906. The summed E-state index contributed by atoms with van der Waals surface area (Å²) in [4.78, 5) is 33.0. The lowest BCUT2D eigenvalue weighted by molar-refractivity contribution is -0.117. The van der Waals surface area contributed by atoms with Crippen molar-refractivity contribution in [1.29, 1.82) is 0 Å². The Morgan fingerprint density at radius 1 is 1.15 bits per heavy atom. The Bertz CT molecular complexity index is 1250. The number of carbonyl (C=O) groups excluding carboxylic acids is 2. The summed E-state index contributed by atoms with van der Waals surface area (Å²) in [6, 6.07) is 6.35. The fourth-order valence-corrected chi connectivity index (χ4v) is 5.33. The average molecular weight is 485 g/mol. The first kappa shape index (κ1) is 23.1. The van der Waals surface area contributed by atoms with Crippen molar-refractivity contribution in [3.8, 4) is 5.75 Å². The second-order valence-electron chi connectivity index (χ2n) is 7.66. The number of unbranched alkanes of at least 4 members (excludes halogenated alkanes) is 1. The molecule has 1 N–H and O–H groups in total. The van der Waals surface area contributed by atoms with Crippen molar-refractivity contribution in [2.45, 2.75) is 46.6 Å². The second kappa shape index (κ2) is 9.40. The molecule has 3 aromatic rings. The summed E-state index contributed by atoms with van der Waals surface area (Å²) >= 11 is 2.46. The number of para-hydroxylation sites is 1. The Hall–Kier alpha value is -3.11. The van der Waals surface area contributed by atoms with Crippen LogP contribution in [0.2, 0.25) is 0 Å². The summed E-state index contributed by atoms with van der Waals surface area (Å²) in [6.07, 6.45) is 1.83. The van der Waals surface area contributed by atoms with Crippen LogP contribution in [-0.4, -0.2) is 38.6 Å². The number of hydrogen-bond acceptors (Lipinski definition) is 9. The van der Waals surface area contributed by atoms with Crippen molar-refractivity contribution in [3.05, 3.63) is 61.7 Å². The Morgan fingerprint density at radius 2 is 1.91 bits per heavy atom. The van der Waals surface area contributed by atoms with Crippen LogP contribution in [0.1, 0.15) is 56.8 Å². The van der Waals surface area contributed by atoms with Gasteiger partial charge in [0.05, 0.1) is 27.8 Å². The molecule has 1 amide bonds. The highest BCUT2D eigenvalue weighted by atomic mass is 32.1. The largest absolute Gasteiger partial charge is 0.503 e. The SMILES string of the molecule is CCCCOc1ccccc1C1C(C(=O)c2sc(C)nc2C)=C(O)C(=O)N1c1nnc(C)s1. The number of aromatic nitrogens is 3. The van der Waals surface area contributed by atoms with Gasteiger partial charge in [0.15, 0.2) is 5.76 Å². The first-order valence-electron chi connectivity index (χ1n) is 10.6.